The summed E-state index contributed by atoms with van der Waals surface area (Å²) in [7, 11) is 1.86. The van der Waals surface area contributed by atoms with Gasteiger partial charge in [0.1, 0.15) is 5.15 Å². The van der Waals surface area contributed by atoms with E-state index < -0.39 is 0 Å². The van der Waals surface area contributed by atoms with Crippen molar-refractivity contribution in [3.05, 3.63) is 65.3 Å². The summed E-state index contributed by atoms with van der Waals surface area (Å²) in [6, 6.07) is 7.51. The summed E-state index contributed by atoms with van der Waals surface area (Å²) in [5, 5.41) is 13.7. The SMILES string of the molecule is Cn1cc(Sc2cccn(Cc3ccc(Cl)nc3)c2=NC#N)cn1. The second-order valence-electron chi connectivity index (χ2n) is 4.98. The van der Waals surface area contributed by atoms with Gasteiger partial charge in [-0.3, -0.25) is 4.68 Å². The highest BCUT2D eigenvalue weighted by Crippen LogP contribution is 2.24. The van der Waals surface area contributed by atoms with Crippen LogP contribution in [0.25, 0.3) is 0 Å². The number of hydrogen-bond donors (Lipinski definition) is 0. The highest BCUT2D eigenvalue weighted by Gasteiger charge is 2.06. The maximum Gasteiger partial charge on any atom is 0.207 e. The first-order valence-electron chi connectivity index (χ1n) is 7.05. The molecule has 0 radical (unpaired) electrons. The van der Waals surface area contributed by atoms with E-state index in [9.17, 15) is 0 Å². The van der Waals surface area contributed by atoms with Gasteiger partial charge >= 0.3 is 0 Å². The molecule has 0 fully saturated rings. The number of pyridine rings is 2. The van der Waals surface area contributed by atoms with Crippen molar-refractivity contribution in [1.29, 1.82) is 5.26 Å². The first-order valence-corrected chi connectivity index (χ1v) is 8.24. The minimum atomic E-state index is 0.451. The second kappa shape index (κ2) is 7.34. The van der Waals surface area contributed by atoms with Gasteiger partial charge in [0.05, 0.1) is 22.5 Å². The van der Waals surface area contributed by atoms with Gasteiger partial charge in [-0.1, -0.05) is 29.4 Å². The standard InChI is InChI=1S/C16H13ClN6S/c1-22-10-13(8-21-22)24-14-3-2-6-23(16(14)20-11-18)9-12-4-5-15(17)19-7-12/h2-8,10H,9H2,1H3. The Morgan fingerprint density at radius 1 is 1.33 bits per heavy atom. The molecule has 0 unspecified atom stereocenters. The fraction of sp³-hybridized carbons (Fsp3) is 0.125. The van der Waals surface area contributed by atoms with Crippen LogP contribution in [0.3, 0.4) is 0 Å². The molecule has 0 amide bonds. The van der Waals surface area contributed by atoms with E-state index in [1.54, 1.807) is 23.1 Å². The Hall–Kier alpha value is -2.56. The van der Waals surface area contributed by atoms with Crippen LogP contribution in [0.2, 0.25) is 5.15 Å². The Kier molecular flexibility index (Phi) is 4.99. The van der Waals surface area contributed by atoms with Gasteiger partial charge in [-0.2, -0.15) is 15.4 Å². The van der Waals surface area contributed by atoms with Crippen molar-refractivity contribution in [2.45, 2.75) is 16.3 Å². The van der Waals surface area contributed by atoms with Crippen molar-refractivity contribution in [2.24, 2.45) is 12.0 Å². The Morgan fingerprint density at radius 2 is 2.21 bits per heavy atom. The number of rotatable bonds is 4. The molecule has 0 N–H and O–H groups in total. The highest BCUT2D eigenvalue weighted by atomic mass is 35.5. The summed E-state index contributed by atoms with van der Waals surface area (Å²) in [6.45, 7) is 0.548. The van der Waals surface area contributed by atoms with Crippen molar-refractivity contribution < 1.29 is 0 Å². The predicted molar refractivity (Wildman–Crippen MR) is 91.3 cm³/mol. The fourth-order valence-electron chi connectivity index (χ4n) is 2.17. The molecule has 3 heterocycles. The van der Waals surface area contributed by atoms with Crippen molar-refractivity contribution in [1.82, 2.24) is 19.3 Å². The number of halogens is 1. The van der Waals surface area contributed by atoms with Gasteiger partial charge in [0.2, 0.25) is 6.19 Å². The molecule has 3 aromatic rings. The molecule has 3 aromatic heterocycles. The lowest BCUT2D eigenvalue weighted by Gasteiger charge is -2.09. The summed E-state index contributed by atoms with van der Waals surface area (Å²) in [5.74, 6) is 0. The molecule has 0 aromatic carbocycles. The molecular formula is C16H13ClN6S. The van der Waals surface area contributed by atoms with Crippen LogP contribution in [0.15, 0.2) is 63.8 Å². The van der Waals surface area contributed by atoms with Crippen molar-refractivity contribution in [2.75, 3.05) is 0 Å². The van der Waals surface area contributed by atoms with E-state index in [0.29, 0.717) is 17.2 Å². The Balaban J connectivity index is 1.97. The normalized spacial score (nSPS) is 11.5. The van der Waals surface area contributed by atoms with E-state index in [1.165, 1.54) is 11.8 Å². The lowest BCUT2D eigenvalue weighted by molar-refractivity contribution is 0.721. The summed E-state index contributed by atoms with van der Waals surface area (Å²) < 4.78 is 3.65. The van der Waals surface area contributed by atoms with E-state index in [0.717, 1.165) is 15.4 Å². The number of aromatic nitrogens is 4. The molecule has 8 heteroatoms. The van der Waals surface area contributed by atoms with Crippen molar-refractivity contribution in [3.63, 3.8) is 0 Å². The third-order valence-electron chi connectivity index (χ3n) is 3.21. The van der Waals surface area contributed by atoms with Gasteiger partial charge in [0.15, 0.2) is 5.49 Å². The number of aryl methyl sites for hydroxylation is 1. The van der Waals surface area contributed by atoms with Gasteiger partial charge < -0.3 is 4.57 Å². The van der Waals surface area contributed by atoms with Crippen LogP contribution in [0, 0.1) is 11.5 Å². The van der Waals surface area contributed by atoms with Crippen LogP contribution in [0.4, 0.5) is 0 Å². The van der Waals surface area contributed by atoms with Gasteiger partial charge in [0.25, 0.3) is 0 Å². The highest BCUT2D eigenvalue weighted by molar-refractivity contribution is 7.99. The topological polar surface area (TPSA) is 71.8 Å². The monoisotopic (exact) mass is 356 g/mol. The zero-order valence-corrected chi connectivity index (χ0v) is 14.4. The van der Waals surface area contributed by atoms with Gasteiger partial charge in [-0.15, -0.1) is 0 Å². The average molecular weight is 357 g/mol. The van der Waals surface area contributed by atoms with Crippen molar-refractivity contribution in [3.8, 4) is 6.19 Å². The molecule has 0 bridgehead atoms. The van der Waals surface area contributed by atoms with Crippen LogP contribution in [0.1, 0.15) is 5.56 Å². The summed E-state index contributed by atoms with van der Waals surface area (Å²) in [5.41, 5.74) is 1.58. The van der Waals surface area contributed by atoms with Gasteiger partial charge in [-0.25, -0.2) is 4.98 Å². The Bertz CT molecular complexity index is 952. The van der Waals surface area contributed by atoms with E-state index in [1.807, 2.05) is 48.4 Å². The lowest BCUT2D eigenvalue weighted by atomic mass is 10.3. The summed E-state index contributed by atoms with van der Waals surface area (Å²) in [6.07, 6.45) is 9.18. The minimum Gasteiger partial charge on any atom is -0.327 e. The molecule has 0 aliphatic heterocycles. The fourth-order valence-corrected chi connectivity index (χ4v) is 3.24. The summed E-state index contributed by atoms with van der Waals surface area (Å²) in [4.78, 5) is 9.95. The molecule has 6 nitrogen and oxygen atoms in total. The zero-order valence-electron chi connectivity index (χ0n) is 12.8. The lowest BCUT2D eigenvalue weighted by Crippen LogP contribution is -2.22. The van der Waals surface area contributed by atoms with Crippen LogP contribution in [-0.4, -0.2) is 19.3 Å². The smallest absolute Gasteiger partial charge is 0.207 e. The molecule has 0 aliphatic rings. The molecule has 0 atom stereocenters. The molecule has 24 heavy (non-hydrogen) atoms. The molecule has 120 valence electrons. The number of nitrogens with zero attached hydrogens (tertiary/aromatic N) is 6. The van der Waals surface area contributed by atoms with E-state index in [-0.39, 0.29) is 0 Å². The number of hydrogen-bond acceptors (Lipinski definition) is 5. The third-order valence-corrected chi connectivity index (χ3v) is 4.42. The molecule has 0 aliphatic carbocycles. The molecule has 0 spiro atoms. The van der Waals surface area contributed by atoms with Gasteiger partial charge in [-0.05, 0) is 23.8 Å². The maximum atomic E-state index is 9.06. The third kappa shape index (κ3) is 3.85. The Morgan fingerprint density at radius 3 is 2.88 bits per heavy atom. The Labute approximate surface area is 148 Å². The number of nitriles is 1. The van der Waals surface area contributed by atoms with E-state index >= 15 is 0 Å². The zero-order chi connectivity index (χ0) is 16.9. The van der Waals surface area contributed by atoms with Crippen LogP contribution < -0.4 is 5.49 Å². The van der Waals surface area contributed by atoms with E-state index in [2.05, 4.69) is 15.1 Å². The van der Waals surface area contributed by atoms with Crippen LogP contribution >= 0.6 is 23.4 Å². The quantitative estimate of drug-likeness (QED) is 0.532. The molecule has 0 saturated heterocycles. The predicted octanol–water partition coefficient (Wildman–Crippen LogP) is 2.85. The first-order chi connectivity index (χ1) is 11.7. The first kappa shape index (κ1) is 16.3. The van der Waals surface area contributed by atoms with Gasteiger partial charge in [0, 0.05) is 25.6 Å². The molecule has 0 saturated carbocycles. The average Bonchev–Trinajstić information content (AvgIpc) is 2.98. The maximum absolute atomic E-state index is 9.06. The second-order valence-corrected chi connectivity index (χ2v) is 6.48. The van der Waals surface area contributed by atoms with E-state index in [4.69, 9.17) is 16.9 Å². The largest absolute Gasteiger partial charge is 0.327 e. The van der Waals surface area contributed by atoms with Crippen LogP contribution in [0.5, 0.6) is 0 Å². The molecular weight excluding hydrogens is 344 g/mol. The van der Waals surface area contributed by atoms with Crippen molar-refractivity contribution >= 4 is 23.4 Å². The molecule has 3 rings (SSSR count). The summed E-state index contributed by atoms with van der Waals surface area (Å²) >= 11 is 7.34. The minimum absolute atomic E-state index is 0.451. The van der Waals surface area contributed by atoms with Crippen LogP contribution in [-0.2, 0) is 13.6 Å².